The van der Waals surface area contributed by atoms with Crippen LogP contribution in [0.2, 0.25) is 0 Å². The van der Waals surface area contributed by atoms with Gasteiger partial charge < -0.3 is 19.5 Å². The number of aromatic nitrogens is 1. The molecule has 0 saturated carbocycles. The van der Waals surface area contributed by atoms with Crippen LogP contribution in [0.1, 0.15) is 24.1 Å². The van der Waals surface area contributed by atoms with E-state index in [2.05, 4.69) is 42.3 Å². The molecule has 2 aliphatic rings. The maximum Gasteiger partial charge on any atom is 0.193 e. The molecule has 0 atom stereocenters. The molecule has 1 N–H and O–H groups in total. The van der Waals surface area contributed by atoms with Gasteiger partial charge >= 0.3 is 0 Å². The lowest BCUT2D eigenvalue weighted by molar-refractivity contribution is 0.164. The minimum Gasteiger partial charge on any atom is -0.497 e. The third kappa shape index (κ3) is 6.23. The Morgan fingerprint density at radius 2 is 1.75 bits per heavy atom. The van der Waals surface area contributed by atoms with Gasteiger partial charge in [-0.25, -0.2) is 0 Å². The standard InChI is InChI=1S/C24H36N6O2/c1-25-24(30-14-12-29(13-15-30)19-22-9-16-32-27-22)26-17-20-7-10-28(11-8-20)18-21-3-5-23(31-2)6-4-21/h3-6,9,16,20H,7-8,10-15,17-19H2,1-2H3,(H,25,26). The van der Waals surface area contributed by atoms with E-state index in [1.807, 2.05) is 25.2 Å². The SMILES string of the molecule is CN=C(NCC1CCN(Cc2ccc(OC)cc2)CC1)N1CCN(Cc2ccon2)CC1. The van der Waals surface area contributed by atoms with Crippen LogP contribution in [0.25, 0.3) is 0 Å². The van der Waals surface area contributed by atoms with Crippen LogP contribution in [0.3, 0.4) is 0 Å². The number of piperidine rings is 1. The number of hydrogen-bond donors (Lipinski definition) is 1. The van der Waals surface area contributed by atoms with Crippen molar-refractivity contribution in [3.63, 3.8) is 0 Å². The summed E-state index contributed by atoms with van der Waals surface area (Å²) >= 11 is 0. The van der Waals surface area contributed by atoms with Crippen molar-refractivity contribution in [1.29, 1.82) is 0 Å². The van der Waals surface area contributed by atoms with Crippen LogP contribution in [0.5, 0.6) is 5.75 Å². The molecule has 0 spiro atoms. The molecule has 2 aromatic rings. The summed E-state index contributed by atoms with van der Waals surface area (Å²) in [5.74, 6) is 2.65. The fourth-order valence-electron chi connectivity index (χ4n) is 4.57. The number of hydrogen-bond acceptors (Lipinski definition) is 6. The van der Waals surface area contributed by atoms with Gasteiger partial charge in [0.1, 0.15) is 12.0 Å². The quantitative estimate of drug-likeness (QED) is 0.523. The number of piperazine rings is 1. The second kappa shape index (κ2) is 11.3. The highest BCUT2D eigenvalue weighted by molar-refractivity contribution is 5.80. The zero-order valence-electron chi connectivity index (χ0n) is 19.4. The van der Waals surface area contributed by atoms with E-state index >= 15 is 0 Å². The average molecular weight is 441 g/mol. The van der Waals surface area contributed by atoms with Gasteiger partial charge in [-0.2, -0.15) is 0 Å². The number of benzene rings is 1. The highest BCUT2D eigenvalue weighted by atomic mass is 16.5. The predicted octanol–water partition coefficient (Wildman–Crippen LogP) is 2.29. The Bertz CT molecular complexity index is 823. The second-order valence-electron chi connectivity index (χ2n) is 8.75. The monoisotopic (exact) mass is 440 g/mol. The van der Waals surface area contributed by atoms with Crippen LogP contribution in [-0.2, 0) is 13.1 Å². The molecule has 2 aliphatic heterocycles. The van der Waals surface area contributed by atoms with Crippen molar-refractivity contribution in [1.82, 2.24) is 25.2 Å². The first-order chi connectivity index (χ1) is 15.7. The van der Waals surface area contributed by atoms with Crippen LogP contribution in [0, 0.1) is 5.92 Å². The minimum absolute atomic E-state index is 0.701. The smallest absolute Gasteiger partial charge is 0.193 e. The Hall–Kier alpha value is -2.58. The van der Waals surface area contributed by atoms with E-state index in [1.54, 1.807) is 13.4 Å². The molecule has 0 aliphatic carbocycles. The lowest BCUT2D eigenvalue weighted by atomic mass is 9.96. The molecule has 2 saturated heterocycles. The number of nitrogens with one attached hydrogen (secondary N) is 1. The number of ether oxygens (including phenoxy) is 1. The summed E-state index contributed by atoms with van der Waals surface area (Å²) in [6.07, 6.45) is 4.10. The van der Waals surface area contributed by atoms with Crippen LogP contribution in [0.15, 0.2) is 46.1 Å². The molecule has 0 bridgehead atoms. The summed E-state index contributed by atoms with van der Waals surface area (Å²) in [6, 6.07) is 10.4. The van der Waals surface area contributed by atoms with Crippen molar-refractivity contribution >= 4 is 5.96 Å². The van der Waals surface area contributed by atoms with E-state index < -0.39 is 0 Å². The van der Waals surface area contributed by atoms with E-state index in [0.29, 0.717) is 5.92 Å². The molecule has 4 rings (SSSR count). The summed E-state index contributed by atoms with van der Waals surface area (Å²) in [4.78, 5) is 11.9. The first kappa shape index (κ1) is 22.6. The number of nitrogens with zero attached hydrogens (tertiary/aromatic N) is 5. The van der Waals surface area contributed by atoms with Crippen molar-refractivity contribution in [3.05, 3.63) is 47.9 Å². The molecule has 1 aromatic heterocycles. The van der Waals surface area contributed by atoms with E-state index in [1.165, 1.54) is 18.4 Å². The maximum atomic E-state index is 5.26. The topological polar surface area (TPSA) is 69.4 Å². The maximum absolute atomic E-state index is 5.26. The fourth-order valence-corrected chi connectivity index (χ4v) is 4.57. The van der Waals surface area contributed by atoms with E-state index in [0.717, 1.165) is 76.3 Å². The van der Waals surface area contributed by atoms with Crippen LogP contribution >= 0.6 is 0 Å². The summed E-state index contributed by atoms with van der Waals surface area (Å²) in [6.45, 7) is 9.16. The van der Waals surface area contributed by atoms with Gasteiger partial charge in [-0.15, -0.1) is 0 Å². The Morgan fingerprint density at radius 3 is 2.38 bits per heavy atom. The molecule has 32 heavy (non-hydrogen) atoms. The first-order valence-corrected chi connectivity index (χ1v) is 11.7. The van der Waals surface area contributed by atoms with Gasteiger partial charge in [0.05, 0.1) is 12.8 Å². The summed E-state index contributed by atoms with van der Waals surface area (Å²) < 4.78 is 10.2. The highest BCUT2D eigenvalue weighted by Crippen LogP contribution is 2.20. The molecular weight excluding hydrogens is 404 g/mol. The molecule has 0 unspecified atom stereocenters. The molecule has 8 nitrogen and oxygen atoms in total. The Balaban J connectivity index is 1.15. The predicted molar refractivity (Wildman–Crippen MR) is 126 cm³/mol. The number of methoxy groups -OCH3 is 1. The number of likely N-dealkylation sites (tertiary alicyclic amines) is 1. The van der Waals surface area contributed by atoms with Gasteiger partial charge in [0.25, 0.3) is 0 Å². The van der Waals surface area contributed by atoms with Crippen LogP contribution in [0.4, 0.5) is 0 Å². The Kier molecular flexibility index (Phi) is 8.01. The lowest BCUT2D eigenvalue weighted by Gasteiger charge is -2.37. The van der Waals surface area contributed by atoms with Gasteiger partial charge in [-0.05, 0) is 49.5 Å². The molecule has 3 heterocycles. The van der Waals surface area contributed by atoms with Gasteiger partial charge in [-0.3, -0.25) is 14.8 Å². The summed E-state index contributed by atoms with van der Waals surface area (Å²) in [5.41, 5.74) is 2.35. The highest BCUT2D eigenvalue weighted by Gasteiger charge is 2.23. The zero-order chi connectivity index (χ0) is 22.2. The van der Waals surface area contributed by atoms with Gasteiger partial charge in [-0.1, -0.05) is 17.3 Å². The van der Waals surface area contributed by atoms with Crippen LogP contribution < -0.4 is 10.1 Å². The molecule has 174 valence electrons. The van der Waals surface area contributed by atoms with Crippen LogP contribution in [-0.4, -0.2) is 85.8 Å². The molecule has 0 radical (unpaired) electrons. The molecular formula is C24H36N6O2. The van der Waals surface area contributed by atoms with Crippen molar-refractivity contribution < 1.29 is 9.26 Å². The minimum atomic E-state index is 0.701. The van der Waals surface area contributed by atoms with E-state index in [-0.39, 0.29) is 0 Å². The van der Waals surface area contributed by atoms with Crippen molar-refractivity contribution in [2.75, 3.05) is 60.0 Å². The Labute approximate surface area is 191 Å². The van der Waals surface area contributed by atoms with Gasteiger partial charge in [0.15, 0.2) is 5.96 Å². The average Bonchev–Trinajstić information content (AvgIpc) is 3.35. The Morgan fingerprint density at radius 1 is 1.03 bits per heavy atom. The molecule has 0 amide bonds. The fraction of sp³-hybridized carbons (Fsp3) is 0.583. The normalized spacial score (nSPS) is 19.3. The van der Waals surface area contributed by atoms with E-state index in [4.69, 9.17) is 9.26 Å². The van der Waals surface area contributed by atoms with E-state index in [9.17, 15) is 0 Å². The van der Waals surface area contributed by atoms with Crippen molar-refractivity contribution in [2.45, 2.75) is 25.9 Å². The number of guanidine groups is 1. The molecule has 2 fully saturated rings. The molecule has 1 aromatic carbocycles. The van der Waals surface area contributed by atoms with Crippen molar-refractivity contribution in [3.8, 4) is 5.75 Å². The summed E-state index contributed by atoms with van der Waals surface area (Å²) in [7, 11) is 3.60. The zero-order valence-corrected chi connectivity index (χ0v) is 19.4. The lowest BCUT2D eigenvalue weighted by Crippen LogP contribution is -2.53. The second-order valence-corrected chi connectivity index (χ2v) is 8.75. The van der Waals surface area contributed by atoms with Crippen molar-refractivity contribution in [2.24, 2.45) is 10.9 Å². The summed E-state index contributed by atoms with van der Waals surface area (Å²) in [5, 5.41) is 7.67. The third-order valence-electron chi connectivity index (χ3n) is 6.58. The third-order valence-corrected chi connectivity index (χ3v) is 6.58. The number of aliphatic imine (C=N–C) groups is 1. The van der Waals surface area contributed by atoms with Gasteiger partial charge in [0, 0.05) is 58.9 Å². The molecule has 8 heteroatoms. The largest absolute Gasteiger partial charge is 0.497 e. The first-order valence-electron chi connectivity index (χ1n) is 11.7. The van der Waals surface area contributed by atoms with Gasteiger partial charge in [0.2, 0.25) is 0 Å². The number of rotatable bonds is 7.